The van der Waals surface area contributed by atoms with Gasteiger partial charge in [-0.15, -0.1) is 0 Å². The minimum Gasteiger partial charge on any atom is -0.497 e. The normalized spacial score (nSPS) is 11.4. The summed E-state index contributed by atoms with van der Waals surface area (Å²) in [5, 5.41) is 2.86. The number of amides is 3. The van der Waals surface area contributed by atoms with Gasteiger partial charge in [-0.2, -0.15) is 4.37 Å². The lowest BCUT2D eigenvalue weighted by Crippen LogP contribution is -2.44. The standard InChI is InChI=1S/C27H24FN5O4S/c1-37-20-12-10-17(11-13-20)23(26(35)31-15-16-6-3-2-4-7-16)33(19-9-5-8-18(28)14-19)27(36)24-21(29)22(25(30)34)32-38-24/h2-14,23H,15,29H2,1H3,(H2,30,34)(H,31,35). The van der Waals surface area contributed by atoms with E-state index in [9.17, 15) is 18.8 Å². The number of rotatable bonds is 9. The van der Waals surface area contributed by atoms with Crippen molar-refractivity contribution in [1.82, 2.24) is 9.69 Å². The second-order valence-corrected chi connectivity index (χ2v) is 8.95. The fraction of sp³-hybridized carbons (Fsp3) is 0.111. The second-order valence-electron chi connectivity index (χ2n) is 8.17. The molecule has 3 aromatic carbocycles. The molecule has 38 heavy (non-hydrogen) atoms. The number of ether oxygens (including phenoxy) is 1. The molecule has 0 saturated heterocycles. The average Bonchev–Trinajstić information content (AvgIpc) is 3.32. The average molecular weight is 534 g/mol. The molecule has 0 spiro atoms. The van der Waals surface area contributed by atoms with Gasteiger partial charge in [0, 0.05) is 12.2 Å². The van der Waals surface area contributed by atoms with Crippen LogP contribution in [-0.4, -0.2) is 29.2 Å². The molecule has 9 nitrogen and oxygen atoms in total. The van der Waals surface area contributed by atoms with E-state index in [1.807, 2.05) is 30.3 Å². The Balaban J connectivity index is 1.83. The molecule has 11 heteroatoms. The third kappa shape index (κ3) is 5.62. The lowest BCUT2D eigenvalue weighted by atomic mass is 10.0. The highest BCUT2D eigenvalue weighted by Gasteiger charge is 2.36. The van der Waals surface area contributed by atoms with Crippen LogP contribution in [0.25, 0.3) is 0 Å². The van der Waals surface area contributed by atoms with Gasteiger partial charge in [-0.3, -0.25) is 19.3 Å². The molecule has 3 amide bonds. The van der Waals surface area contributed by atoms with E-state index in [4.69, 9.17) is 16.2 Å². The van der Waals surface area contributed by atoms with Gasteiger partial charge in [-0.05, 0) is 53.0 Å². The zero-order chi connectivity index (χ0) is 27.2. The molecular weight excluding hydrogens is 509 g/mol. The highest BCUT2D eigenvalue weighted by atomic mass is 32.1. The maximum Gasteiger partial charge on any atom is 0.273 e. The van der Waals surface area contributed by atoms with Crippen LogP contribution in [0.15, 0.2) is 78.9 Å². The van der Waals surface area contributed by atoms with E-state index in [0.717, 1.165) is 16.5 Å². The largest absolute Gasteiger partial charge is 0.497 e. The fourth-order valence-corrected chi connectivity index (χ4v) is 4.58. The SMILES string of the molecule is COc1ccc(C(C(=O)NCc2ccccc2)N(C(=O)c2snc(C(N)=O)c2N)c2cccc(F)c2)cc1. The van der Waals surface area contributed by atoms with Gasteiger partial charge < -0.3 is 21.5 Å². The first-order valence-electron chi connectivity index (χ1n) is 11.4. The minimum absolute atomic E-state index is 0.0964. The summed E-state index contributed by atoms with van der Waals surface area (Å²) in [4.78, 5) is 40.5. The van der Waals surface area contributed by atoms with E-state index >= 15 is 0 Å². The molecule has 1 heterocycles. The smallest absolute Gasteiger partial charge is 0.273 e. The van der Waals surface area contributed by atoms with E-state index in [0.29, 0.717) is 22.8 Å². The third-order valence-corrected chi connectivity index (χ3v) is 6.56. The van der Waals surface area contributed by atoms with Crippen LogP contribution in [0.2, 0.25) is 0 Å². The molecule has 0 saturated carbocycles. The van der Waals surface area contributed by atoms with E-state index in [1.165, 1.54) is 25.3 Å². The van der Waals surface area contributed by atoms with E-state index in [2.05, 4.69) is 9.69 Å². The van der Waals surface area contributed by atoms with Gasteiger partial charge in [-0.25, -0.2) is 4.39 Å². The van der Waals surface area contributed by atoms with Gasteiger partial charge in [0.2, 0.25) is 5.91 Å². The first kappa shape index (κ1) is 26.3. The lowest BCUT2D eigenvalue weighted by Gasteiger charge is -2.31. The van der Waals surface area contributed by atoms with Crippen molar-refractivity contribution >= 4 is 40.6 Å². The van der Waals surface area contributed by atoms with Crippen molar-refractivity contribution in [3.8, 4) is 5.75 Å². The molecule has 0 radical (unpaired) electrons. The molecule has 4 aromatic rings. The Labute approximate surface area is 222 Å². The van der Waals surface area contributed by atoms with Crippen LogP contribution in [-0.2, 0) is 11.3 Å². The number of hydrogen-bond donors (Lipinski definition) is 3. The maximum atomic E-state index is 14.4. The van der Waals surface area contributed by atoms with Gasteiger partial charge in [-0.1, -0.05) is 48.5 Å². The Morgan fingerprint density at radius 2 is 1.76 bits per heavy atom. The van der Waals surface area contributed by atoms with Gasteiger partial charge >= 0.3 is 0 Å². The summed E-state index contributed by atoms with van der Waals surface area (Å²) in [5.74, 6) is -2.27. The topological polar surface area (TPSA) is 141 Å². The van der Waals surface area contributed by atoms with Crippen LogP contribution in [0.1, 0.15) is 37.3 Å². The number of carbonyl (C=O) groups excluding carboxylic acids is 3. The number of anilines is 2. The van der Waals surface area contributed by atoms with Gasteiger partial charge in [0.1, 0.15) is 22.5 Å². The zero-order valence-electron chi connectivity index (χ0n) is 20.3. The number of nitrogen functional groups attached to an aromatic ring is 1. The van der Waals surface area contributed by atoms with Crippen LogP contribution in [0, 0.1) is 5.82 Å². The van der Waals surface area contributed by atoms with E-state index in [1.54, 1.807) is 24.3 Å². The number of methoxy groups -OCH3 is 1. The Morgan fingerprint density at radius 1 is 1.05 bits per heavy atom. The molecule has 5 N–H and O–H groups in total. The number of halogens is 1. The van der Waals surface area contributed by atoms with Gasteiger partial charge in [0.25, 0.3) is 11.8 Å². The van der Waals surface area contributed by atoms with Crippen LogP contribution < -0.4 is 26.4 Å². The number of carbonyl (C=O) groups is 3. The van der Waals surface area contributed by atoms with Crippen LogP contribution in [0.5, 0.6) is 5.75 Å². The van der Waals surface area contributed by atoms with Crippen LogP contribution >= 0.6 is 11.5 Å². The first-order chi connectivity index (χ1) is 18.3. The number of aromatic nitrogens is 1. The lowest BCUT2D eigenvalue weighted by molar-refractivity contribution is -0.122. The monoisotopic (exact) mass is 533 g/mol. The second kappa shape index (κ2) is 11.5. The van der Waals surface area contributed by atoms with Crippen molar-refractivity contribution in [2.24, 2.45) is 5.73 Å². The van der Waals surface area contributed by atoms with Crippen LogP contribution in [0.4, 0.5) is 15.8 Å². The highest BCUT2D eigenvalue weighted by Crippen LogP contribution is 2.34. The van der Waals surface area contributed by atoms with Crippen LogP contribution in [0.3, 0.4) is 0 Å². The fourth-order valence-electron chi connectivity index (χ4n) is 3.83. The summed E-state index contributed by atoms with van der Waals surface area (Å²) in [5.41, 5.74) is 12.3. The molecule has 0 fully saturated rings. The molecule has 194 valence electrons. The van der Waals surface area contributed by atoms with Gasteiger partial charge in [0.05, 0.1) is 12.8 Å². The molecule has 1 aromatic heterocycles. The molecule has 1 unspecified atom stereocenters. The van der Waals surface area contributed by atoms with Crippen molar-refractivity contribution < 1.29 is 23.5 Å². The molecular formula is C27H24FN5O4S. The third-order valence-electron chi connectivity index (χ3n) is 5.71. The predicted octanol–water partition coefficient (Wildman–Crippen LogP) is 3.68. The number of benzene rings is 3. The summed E-state index contributed by atoms with van der Waals surface area (Å²) >= 11 is 0.668. The Bertz CT molecular complexity index is 1460. The van der Waals surface area contributed by atoms with Crippen molar-refractivity contribution in [3.05, 3.63) is 106 Å². The molecule has 1 atom stereocenters. The predicted molar refractivity (Wildman–Crippen MR) is 142 cm³/mol. The molecule has 0 bridgehead atoms. The first-order valence-corrected chi connectivity index (χ1v) is 12.2. The number of hydrogen-bond acceptors (Lipinski definition) is 7. The quantitative estimate of drug-likeness (QED) is 0.300. The molecule has 0 aliphatic rings. The molecule has 4 rings (SSSR count). The van der Waals surface area contributed by atoms with E-state index in [-0.39, 0.29) is 28.5 Å². The summed E-state index contributed by atoms with van der Waals surface area (Å²) < 4.78 is 23.5. The summed E-state index contributed by atoms with van der Waals surface area (Å²) in [6.45, 7) is 0.187. The summed E-state index contributed by atoms with van der Waals surface area (Å²) in [7, 11) is 1.50. The van der Waals surface area contributed by atoms with Crippen molar-refractivity contribution in [2.75, 3.05) is 17.7 Å². The number of nitrogens with two attached hydrogens (primary N) is 2. The Hall–Kier alpha value is -4.77. The molecule has 0 aliphatic heterocycles. The Morgan fingerprint density at radius 3 is 2.37 bits per heavy atom. The highest BCUT2D eigenvalue weighted by molar-refractivity contribution is 7.09. The van der Waals surface area contributed by atoms with Crippen molar-refractivity contribution in [3.63, 3.8) is 0 Å². The minimum atomic E-state index is -1.25. The van der Waals surface area contributed by atoms with Crippen molar-refractivity contribution in [1.29, 1.82) is 0 Å². The number of primary amides is 1. The van der Waals surface area contributed by atoms with Crippen molar-refractivity contribution in [2.45, 2.75) is 12.6 Å². The molecule has 0 aliphatic carbocycles. The Kier molecular flexibility index (Phi) is 7.97. The maximum absolute atomic E-state index is 14.4. The van der Waals surface area contributed by atoms with E-state index < -0.39 is 29.6 Å². The summed E-state index contributed by atoms with van der Waals surface area (Å²) in [6, 6.07) is 19.8. The number of nitrogens with zero attached hydrogens (tertiary/aromatic N) is 2. The zero-order valence-corrected chi connectivity index (χ0v) is 21.1. The number of nitrogens with one attached hydrogen (secondary N) is 1. The summed E-state index contributed by atoms with van der Waals surface area (Å²) in [6.07, 6.45) is 0. The van der Waals surface area contributed by atoms with Gasteiger partial charge in [0.15, 0.2) is 5.69 Å².